The molecule has 2 aromatic rings. The van der Waals surface area contributed by atoms with E-state index in [9.17, 15) is 14.3 Å². The van der Waals surface area contributed by atoms with Gasteiger partial charge in [-0.1, -0.05) is 23.2 Å². The molecule has 0 fully saturated rings. The van der Waals surface area contributed by atoms with Gasteiger partial charge in [-0.2, -0.15) is 0 Å². The van der Waals surface area contributed by atoms with Crippen molar-refractivity contribution in [3.8, 4) is 11.5 Å². The van der Waals surface area contributed by atoms with Crippen molar-refractivity contribution in [1.82, 2.24) is 4.98 Å². The first-order valence-electron chi connectivity index (χ1n) is 6.87. The van der Waals surface area contributed by atoms with Crippen molar-refractivity contribution in [3.63, 3.8) is 0 Å². The van der Waals surface area contributed by atoms with Crippen molar-refractivity contribution < 1.29 is 23.8 Å². The van der Waals surface area contributed by atoms with E-state index < -0.39 is 27.7 Å². The fourth-order valence-corrected chi connectivity index (χ4v) is 2.54. The van der Waals surface area contributed by atoms with E-state index in [1.165, 1.54) is 14.2 Å². The van der Waals surface area contributed by atoms with E-state index in [0.717, 1.165) is 11.8 Å². The molecule has 0 unspecified atom stereocenters. The molecule has 0 aliphatic heterocycles. The molecule has 0 amide bonds. The number of ether oxygens (including phenoxy) is 2. The molecule has 6 nitrogen and oxygen atoms in total. The molecule has 0 atom stereocenters. The van der Waals surface area contributed by atoms with Crippen LogP contribution in [-0.2, 0) is 6.54 Å². The van der Waals surface area contributed by atoms with Gasteiger partial charge in [0, 0.05) is 17.8 Å². The number of halogens is 3. The Kier molecular flexibility index (Phi) is 6.17. The number of carboxylic acids is 1. The summed E-state index contributed by atoms with van der Waals surface area (Å²) in [5.74, 6) is -1.30. The topological polar surface area (TPSA) is 81.0 Å². The molecule has 0 aliphatic rings. The van der Waals surface area contributed by atoms with Crippen LogP contribution in [0.2, 0.25) is 10.3 Å². The number of nitrogens with zero attached hydrogens (tertiary/aromatic N) is 2. The minimum atomic E-state index is -1.43. The maximum atomic E-state index is 14.1. The van der Waals surface area contributed by atoms with Gasteiger partial charge in [-0.3, -0.25) is 4.99 Å². The molecule has 132 valence electrons. The lowest BCUT2D eigenvalue weighted by Crippen LogP contribution is -2.08. The summed E-state index contributed by atoms with van der Waals surface area (Å²) in [6, 6.07) is 5.14. The lowest BCUT2D eigenvalue weighted by molar-refractivity contribution is 0.0696. The smallest absolute Gasteiger partial charge is 0.339 e. The highest BCUT2D eigenvalue weighted by Gasteiger charge is 2.21. The molecule has 0 bridgehead atoms. The van der Waals surface area contributed by atoms with Crippen molar-refractivity contribution in [1.29, 1.82) is 0 Å². The first-order chi connectivity index (χ1) is 11.9. The summed E-state index contributed by atoms with van der Waals surface area (Å²) in [5, 5.41) is 8.24. The maximum absolute atomic E-state index is 14.1. The van der Waals surface area contributed by atoms with Gasteiger partial charge in [0.15, 0.2) is 11.0 Å². The van der Waals surface area contributed by atoms with E-state index >= 15 is 0 Å². The molecule has 0 saturated carbocycles. The fraction of sp³-hybridized carbons (Fsp3) is 0.188. The summed E-state index contributed by atoms with van der Waals surface area (Å²) in [6.07, 6.45) is 1.06. The van der Waals surface area contributed by atoms with Crippen LogP contribution in [0, 0.1) is 5.82 Å². The number of aromatic carboxylic acids is 1. The normalized spacial score (nSPS) is 10.9. The van der Waals surface area contributed by atoms with Crippen molar-refractivity contribution >= 4 is 35.4 Å². The minimum Gasteiger partial charge on any atom is -0.497 e. The number of pyridine rings is 1. The highest BCUT2D eigenvalue weighted by molar-refractivity contribution is 6.35. The first kappa shape index (κ1) is 19.0. The van der Waals surface area contributed by atoms with Gasteiger partial charge >= 0.3 is 5.97 Å². The molecule has 1 aromatic heterocycles. The number of carboxylic acid groups (broad SMARTS) is 1. The highest BCUT2D eigenvalue weighted by atomic mass is 35.5. The van der Waals surface area contributed by atoms with Gasteiger partial charge in [0.25, 0.3) is 0 Å². The monoisotopic (exact) mass is 386 g/mol. The fourth-order valence-electron chi connectivity index (χ4n) is 2.05. The Morgan fingerprint density at radius 3 is 2.36 bits per heavy atom. The van der Waals surface area contributed by atoms with Crippen molar-refractivity contribution in [2.75, 3.05) is 14.2 Å². The number of rotatable bonds is 6. The van der Waals surface area contributed by atoms with E-state index in [-0.39, 0.29) is 12.1 Å². The summed E-state index contributed by atoms with van der Waals surface area (Å²) in [4.78, 5) is 18.8. The SMILES string of the molecule is COc1cc(C/N=C\c2c(F)c(Cl)nc(Cl)c2C(=O)O)cc(OC)c1. The molecule has 1 N–H and O–H groups in total. The van der Waals surface area contributed by atoms with Gasteiger partial charge in [0.1, 0.15) is 22.2 Å². The molecular formula is C16H13Cl2FN2O4. The Hall–Kier alpha value is -2.38. The minimum absolute atomic E-state index is 0.129. The van der Waals surface area contributed by atoms with Gasteiger partial charge in [-0.15, -0.1) is 0 Å². The van der Waals surface area contributed by atoms with E-state index in [1.54, 1.807) is 18.2 Å². The van der Waals surface area contributed by atoms with Crippen LogP contribution in [-0.4, -0.2) is 36.5 Å². The second kappa shape index (κ2) is 8.13. The van der Waals surface area contributed by atoms with Gasteiger partial charge in [-0.25, -0.2) is 14.2 Å². The molecule has 0 spiro atoms. The summed E-state index contributed by atoms with van der Waals surface area (Å²) in [6.45, 7) is 0.129. The number of hydrogen-bond acceptors (Lipinski definition) is 5. The Bertz CT molecular complexity index is 821. The van der Waals surface area contributed by atoms with Crippen LogP contribution in [0.5, 0.6) is 11.5 Å². The van der Waals surface area contributed by atoms with Crippen molar-refractivity contribution in [3.05, 3.63) is 51.0 Å². The molecule has 2 rings (SSSR count). The van der Waals surface area contributed by atoms with Crippen LogP contribution >= 0.6 is 23.2 Å². The number of benzene rings is 1. The summed E-state index contributed by atoms with van der Waals surface area (Å²) in [7, 11) is 3.02. The molecule has 25 heavy (non-hydrogen) atoms. The second-order valence-corrected chi connectivity index (χ2v) is 5.51. The van der Waals surface area contributed by atoms with Crippen molar-refractivity contribution in [2.45, 2.75) is 6.54 Å². The number of aromatic nitrogens is 1. The van der Waals surface area contributed by atoms with Crippen LogP contribution in [0.15, 0.2) is 23.2 Å². The molecule has 1 heterocycles. The Morgan fingerprint density at radius 2 is 1.84 bits per heavy atom. The first-order valence-corrected chi connectivity index (χ1v) is 7.62. The van der Waals surface area contributed by atoms with Crippen LogP contribution in [0.3, 0.4) is 0 Å². The zero-order valence-electron chi connectivity index (χ0n) is 13.2. The zero-order chi connectivity index (χ0) is 18.6. The lowest BCUT2D eigenvalue weighted by Gasteiger charge is -2.08. The third-order valence-corrected chi connectivity index (χ3v) is 3.73. The predicted octanol–water partition coefficient (Wildman–Crippen LogP) is 3.86. The average molecular weight is 387 g/mol. The molecule has 1 aromatic carbocycles. The van der Waals surface area contributed by atoms with Crippen LogP contribution in [0.4, 0.5) is 4.39 Å². The quantitative estimate of drug-likeness (QED) is 0.601. The average Bonchev–Trinajstić information content (AvgIpc) is 2.58. The largest absolute Gasteiger partial charge is 0.497 e. The molecule has 9 heteroatoms. The third-order valence-electron chi connectivity index (χ3n) is 3.21. The van der Waals surface area contributed by atoms with E-state index in [2.05, 4.69) is 9.98 Å². The second-order valence-electron chi connectivity index (χ2n) is 4.79. The van der Waals surface area contributed by atoms with Gasteiger partial charge in [0.05, 0.1) is 20.8 Å². The number of carbonyl (C=O) groups is 1. The highest BCUT2D eigenvalue weighted by Crippen LogP contribution is 2.26. The molecule has 0 saturated heterocycles. The van der Waals surface area contributed by atoms with E-state index in [1.807, 2.05) is 0 Å². The maximum Gasteiger partial charge on any atom is 0.339 e. The predicted molar refractivity (Wildman–Crippen MR) is 92.0 cm³/mol. The molecule has 0 radical (unpaired) electrons. The van der Waals surface area contributed by atoms with Crippen LogP contribution in [0.25, 0.3) is 0 Å². The zero-order valence-corrected chi connectivity index (χ0v) is 14.7. The lowest BCUT2D eigenvalue weighted by atomic mass is 10.1. The summed E-state index contributed by atoms with van der Waals surface area (Å²) >= 11 is 11.4. The number of aliphatic imine (C=N–C) groups is 1. The number of methoxy groups -OCH3 is 2. The van der Waals surface area contributed by atoms with Gasteiger partial charge in [0.2, 0.25) is 0 Å². The number of hydrogen-bond donors (Lipinski definition) is 1. The Morgan fingerprint density at radius 1 is 1.24 bits per heavy atom. The van der Waals surface area contributed by atoms with E-state index in [4.69, 9.17) is 32.7 Å². The van der Waals surface area contributed by atoms with Gasteiger partial charge < -0.3 is 14.6 Å². The Labute approximate surface area is 152 Å². The van der Waals surface area contributed by atoms with Crippen LogP contribution < -0.4 is 9.47 Å². The standard InChI is InChI=1S/C16H13Cl2FN2O4/c1-24-9-3-8(4-10(5-9)25-2)6-20-7-11-12(16(22)23)14(17)21-15(18)13(11)19/h3-5,7H,6H2,1-2H3,(H,22,23)/b20-7-. The van der Waals surface area contributed by atoms with Gasteiger partial charge in [-0.05, 0) is 17.7 Å². The summed E-state index contributed by atoms with van der Waals surface area (Å²) in [5.41, 5.74) is -0.126. The Balaban J connectivity index is 2.36. The molecular weight excluding hydrogens is 374 g/mol. The van der Waals surface area contributed by atoms with Crippen LogP contribution in [0.1, 0.15) is 21.5 Å². The molecule has 0 aliphatic carbocycles. The third kappa shape index (κ3) is 4.37. The van der Waals surface area contributed by atoms with E-state index in [0.29, 0.717) is 11.5 Å². The summed E-state index contributed by atoms with van der Waals surface area (Å²) < 4.78 is 24.4. The van der Waals surface area contributed by atoms with Crippen molar-refractivity contribution in [2.24, 2.45) is 4.99 Å².